The van der Waals surface area contributed by atoms with Gasteiger partial charge in [-0.25, -0.2) is 0 Å². The first kappa shape index (κ1) is 15.3. The van der Waals surface area contributed by atoms with E-state index in [2.05, 4.69) is 79.2 Å². The molecule has 0 saturated heterocycles. The van der Waals surface area contributed by atoms with E-state index in [0.717, 1.165) is 19.3 Å². The van der Waals surface area contributed by atoms with Crippen molar-refractivity contribution in [2.24, 2.45) is 0 Å². The van der Waals surface area contributed by atoms with Gasteiger partial charge in [0, 0.05) is 0 Å². The molecule has 0 fully saturated rings. The average molecular weight is 331 g/mol. The van der Waals surface area contributed by atoms with E-state index in [0.29, 0.717) is 0 Å². The van der Waals surface area contributed by atoms with Crippen molar-refractivity contribution in [2.45, 2.75) is 44.9 Å². The normalized spacial score (nSPS) is 12.4. The molecule has 0 bridgehead atoms. The van der Waals surface area contributed by atoms with Gasteiger partial charge in [0.25, 0.3) is 0 Å². The van der Waals surface area contributed by atoms with Gasteiger partial charge in [-0.2, -0.15) is 0 Å². The van der Waals surface area contributed by atoms with E-state index in [4.69, 9.17) is 0 Å². The van der Waals surface area contributed by atoms with Crippen LogP contribution in [0.2, 0.25) is 0 Å². The Hall–Kier alpha value is -1.08. The van der Waals surface area contributed by atoms with E-state index >= 15 is 0 Å². The van der Waals surface area contributed by atoms with Crippen molar-refractivity contribution < 1.29 is 0 Å². The van der Waals surface area contributed by atoms with E-state index in [-0.39, 0.29) is 4.83 Å². The molecule has 1 atom stereocenters. The average Bonchev–Trinajstić information content (AvgIpc) is 2.53. The van der Waals surface area contributed by atoms with Crippen LogP contribution < -0.4 is 0 Å². The van der Waals surface area contributed by atoms with Gasteiger partial charge in [0.05, 0.1) is 4.83 Å². The number of aryl methyl sites for hydroxylation is 3. The first-order valence-corrected chi connectivity index (χ1v) is 8.45. The van der Waals surface area contributed by atoms with Gasteiger partial charge >= 0.3 is 0 Å². The molecule has 0 aliphatic carbocycles. The van der Waals surface area contributed by atoms with Crippen molar-refractivity contribution in [3.05, 3.63) is 70.3 Å². The van der Waals surface area contributed by atoms with Gasteiger partial charge in [-0.15, -0.1) is 0 Å². The van der Waals surface area contributed by atoms with Crippen molar-refractivity contribution in [3.63, 3.8) is 0 Å². The highest BCUT2D eigenvalue weighted by Gasteiger charge is 2.14. The van der Waals surface area contributed by atoms with E-state index in [1.165, 1.54) is 27.8 Å². The minimum atomic E-state index is 0.287. The highest BCUT2D eigenvalue weighted by Crippen LogP contribution is 2.34. The van der Waals surface area contributed by atoms with E-state index in [9.17, 15) is 0 Å². The molecule has 2 aromatic carbocycles. The van der Waals surface area contributed by atoms with Crippen LogP contribution in [0.4, 0.5) is 0 Å². The van der Waals surface area contributed by atoms with Crippen LogP contribution in [-0.2, 0) is 19.3 Å². The maximum Gasteiger partial charge on any atom is 0.0647 e. The molecular weight excluding hydrogens is 308 g/mol. The van der Waals surface area contributed by atoms with Gasteiger partial charge in [0.2, 0.25) is 0 Å². The minimum Gasteiger partial charge on any atom is -0.0786 e. The quantitative estimate of drug-likeness (QED) is 0.602. The summed E-state index contributed by atoms with van der Waals surface area (Å²) < 4.78 is 0. The summed E-state index contributed by atoms with van der Waals surface area (Å²) in [6.07, 6.45) is 3.26. The van der Waals surface area contributed by atoms with Gasteiger partial charge in [-0.3, -0.25) is 0 Å². The third kappa shape index (κ3) is 3.32. The molecule has 0 spiro atoms. The van der Waals surface area contributed by atoms with Gasteiger partial charge < -0.3 is 0 Å². The molecule has 20 heavy (non-hydrogen) atoms. The Balaban J connectivity index is 2.37. The van der Waals surface area contributed by atoms with E-state index in [1.807, 2.05) is 0 Å². The van der Waals surface area contributed by atoms with Crippen molar-refractivity contribution in [3.8, 4) is 0 Å². The summed E-state index contributed by atoms with van der Waals surface area (Å²) in [6.45, 7) is 6.63. The Labute approximate surface area is 131 Å². The smallest absolute Gasteiger partial charge is 0.0647 e. The Bertz CT molecular complexity index is 554. The zero-order valence-corrected chi connectivity index (χ0v) is 14.2. The van der Waals surface area contributed by atoms with Crippen LogP contribution in [0, 0.1) is 0 Å². The molecule has 106 valence electrons. The minimum absolute atomic E-state index is 0.287. The lowest BCUT2D eigenvalue weighted by molar-refractivity contribution is 1.03. The van der Waals surface area contributed by atoms with Crippen LogP contribution in [0.5, 0.6) is 0 Å². The van der Waals surface area contributed by atoms with E-state index in [1.54, 1.807) is 0 Å². The lowest BCUT2D eigenvalue weighted by Crippen LogP contribution is -2.00. The predicted octanol–water partition coefficient (Wildman–Crippen LogP) is 5.86. The zero-order valence-electron chi connectivity index (χ0n) is 12.6. The van der Waals surface area contributed by atoms with Crippen molar-refractivity contribution in [1.29, 1.82) is 0 Å². The molecule has 0 aliphatic rings. The molecule has 0 nitrogen and oxygen atoms in total. The molecule has 2 aromatic rings. The van der Waals surface area contributed by atoms with Crippen molar-refractivity contribution in [2.75, 3.05) is 0 Å². The number of benzene rings is 2. The third-order valence-corrected chi connectivity index (χ3v) is 4.98. The SMILES string of the molecule is CCc1ccc(C(Br)c2cc(CC)ccc2CC)cc1. The maximum atomic E-state index is 3.90. The molecule has 1 heteroatoms. The fourth-order valence-electron chi connectivity index (χ4n) is 2.52. The summed E-state index contributed by atoms with van der Waals surface area (Å²) in [4.78, 5) is 0.287. The Morgan fingerprint density at radius 2 is 1.40 bits per heavy atom. The number of rotatable bonds is 5. The van der Waals surface area contributed by atoms with Crippen LogP contribution in [0.3, 0.4) is 0 Å². The maximum absolute atomic E-state index is 3.90. The lowest BCUT2D eigenvalue weighted by atomic mass is 9.95. The second-order valence-electron chi connectivity index (χ2n) is 5.20. The second-order valence-corrected chi connectivity index (χ2v) is 6.11. The fraction of sp³-hybridized carbons (Fsp3) is 0.368. The molecule has 2 rings (SSSR count). The Morgan fingerprint density at radius 1 is 0.800 bits per heavy atom. The number of hydrogen-bond acceptors (Lipinski definition) is 0. The summed E-state index contributed by atoms with van der Waals surface area (Å²) in [5.74, 6) is 0. The summed E-state index contributed by atoms with van der Waals surface area (Å²) in [5.41, 5.74) is 6.99. The molecule has 0 aromatic heterocycles. The van der Waals surface area contributed by atoms with Crippen molar-refractivity contribution >= 4 is 15.9 Å². The van der Waals surface area contributed by atoms with Crippen LogP contribution in [0.15, 0.2) is 42.5 Å². The van der Waals surface area contributed by atoms with E-state index < -0.39 is 0 Å². The van der Waals surface area contributed by atoms with Crippen LogP contribution >= 0.6 is 15.9 Å². The molecule has 0 N–H and O–H groups in total. The van der Waals surface area contributed by atoms with Crippen LogP contribution in [0.1, 0.15) is 53.4 Å². The number of halogens is 1. The summed E-state index contributed by atoms with van der Waals surface area (Å²) >= 11 is 3.90. The molecular formula is C19H23Br. The van der Waals surface area contributed by atoms with Gasteiger partial charge in [0.1, 0.15) is 0 Å². The lowest BCUT2D eigenvalue weighted by Gasteiger charge is -2.16. The Kier molecular flexibility index (Phi) is 5.42. The molecule has 0 aliphatic heterocycles. The summed E-state index contributed by atoms with van der Waals surface area (Å²) in [5, 5.41) is 0. The standard InChI is InChI=1S/C19H23Br/c1-4-14-7-11-17(12-8-14)19(20)18-13-15(5-2)9-10-16(18)6-3/h7-13,19H,4-6H2,1-3H3. The summed E-state index contributed by atoms with van der Waals surface area (Å²) in [7, 11) is 0. The second kappa shape index (κ2) is 7.08. The number of hydrogen-bond donors (Lipinski definition) is 0. The zero-order chi connectivity index (χ0) is 14.5. The fourth-order valence-corrected chi connectivity index (χ4v) is 3.26. The van der Waals surface area contributed by atoms with Crippen LogP contribution in [0.25, 0.3) is 0 Å². The largest absolute Gasteiger partial charge is 0.0786 e. The third-order valence-electron chi connectivity index (χ3n) is 3.95. The molecule has 0 radical (unpaired) electrons. The van der Waals surface area contributed by atoms with Gasteiger partial charge in [-0.1, -0.05) is 79.2 Å². The molecule has 0 saturated carbocycles. The highest BCUT2D eigenvalue weighted by molar-refractivity contribution is 9.09. The molecule has 0 amide bonds. The van der Waals surface area contributed by atoms with Gasteiger partial charge in [-0.05, 0) is 47.1 Å². The summed E-state index contributed by atoms with van der Waals surface area (Å²) in [6, 6.07) is 15.8. The topological polar surface area (TPSA) is 0 Å². The predicted molar refractivity (Wildman–Crippen MR) is 91.8 cm³/mol. The first-order chi connectivity index (χ1) is 9.69. The van der Waals surface area contributed by atoms with Gasteiger partial charge in [0.15, 0.2) is 0 Å². The monoisotopic (exact) mass is 330 g/mol. The van der Waals surface area contributed by atoms with Crippen LogP contribution in [-0.4, -0.2) is 0 Å². The molecule has 1 unspecified atom stereocenters. The number of alkyl halides is 1. The van der Waals surface area contributed by atoms with Crippen molar-refractivity contribution in [1.82, 2.24) is 0 Å². The highest BCUT2D eigenvalue weighted by atomic mass is 79.9. The molecule has 0 heterocycles. The first-order valence-electron chi connectivity index (χ1n) is 7.54. The Morgan fingerprint density at radius 3 is 1.95 bits per heavy atom.